The van der Waals surface area contributed by atoms with E-state index in [4.69, 9.17) is 9.84 Å². The number of hydrogen-bond donors (Lipinski definition) is 3. The molecule has 0 radical (unpaired) electrons. The van der Waals surface area contributed by atoms with Gasteiger partial charge >= 0.3 is 0 Å². The first kappa shape index (κ1) is 17.0. The van der Waals surface area contributed by atoms with Gasteiger partial charge in [-0.2, -0.15) is 0 Å². The number of aliphatic hydroxyl groups is 2. The lowest BCUT2D eigenvalue weighted by molar-refractivity contribution is 0.0956. The second kappa shape index (κ2) is 7.62. The zero-order chi connectivity index (χ0) is 15.2. The summed E-state index contributed by atoms with van der Waals surface area (Å²) in [7, 11) is 0. The normalized spacial score (nSPS) is 13.3. The molecule has 0 saturated carbocycles. The SMILES string of the molecule is Cc1ccc(C)c(OCC(O)CNC(C)(C)CCO)c1. The second-order valence-corrected chi connectivity index (χ2v) is 5.97. The zero-order valence-corrected chi connectivity index (χ0v) is 12.9. The van der Waals surface area contributed by atoms with E-state index in [-0.39, 0.29) is 18.8 Å². The van der Waals surface area contributed by atoms with E-state index in [1.165, 1.54) is 0 Å². The van der Waals surface area contributed by atoms with Crippen molar-refractivity contribution in [3.63, 3.8) is 0 Å². The van der Waals surface area contributed by atoms with Gasteiger partial charge in [0.1, 0.15) is 18.5 Å². The van der Waals surface area contributed by atoms with Gasteiger partial charge in [-0.1, -0.05) is 12.1 Å². The summed E-state index contributed by atoms with van der Waals surface area (Å²) < 4.78 is 5.67. The maximum Gasteiger partial charge on any atom is 0.122 e. The Morgan fingerprint density at radius 3 is 2.65 bits per heavy atom. The van der Waals surface area contributed by atoms with Crippen LogP contribution < -0.4 is 10.1 Å². The molecule has 0 amide bonds. The van der Waals surface area contributed by atoms with Gasteiger partial charge in [-0.15, -0.1) is 0 Å². The van der Waals surface area contributed by atoms with Crippen molar-refractivity contribution < 1.29 is 14.9 Å². The fraction of sp³-hybridized carbons (Fsp3) is 0.625. The first-order chi connectivity index (χ1) is 9.34. The minimum atomic E-state index is -0.576. The topological polar surface area (TPSA) is 61.7 Å². The minimum absolute atomic E-state index is 0.134. The van der Waals surface area contributed by atoms with Crippen LogP contribution in [0.25, 0.3) is 0 Å². The van der Waals surface area contributed by atoms with Crippen LogP contribution in [-0.2, 0) is 0 Å². The van der Waals surface area contributed by atoms with E-state index in [9.17, 15) is 5.11 Å². The lowest BCUT2D eigenvalue weighted by Crippen LogP contribution is -2.45. The summed E-state index contributed by atoms with van der Waals surface area (Å²) in [6.07, 6.45) is 0.0743. The first-order valence-corrected chi connectivity index (χ1v) is 7.08. The van der Waals surface area contributed by atoms with Crippen molar-refractivity contribution in [2.75, 3.05) is 19.8 Å². The molecule has 0 aromatic heterocycles. The molecule has 4 nitrogen and oxygen atoms in total. The van der Waals surface area contributed by atoms with E-state index in [0.717, 1.165) is 16.9 Å². The van der Waals surface area contributed by atoms with Crippen molar-refractivity contribution in [3.05, 3.63) is 29.3 Å². The second-order valence-electron chi connectivity index (χ2n) is 5.97. The molecule has 1 rings (SSSR count). The van der Waals surface area contributed by atoms with Gasteiger partial charge in [0, 0.05) is 18.7 Å². The van der Waals surface area contributed by atoms with Crippen LogP contribution in [0.4, 0.5) is 0 Å². The standard InChI is InChI=1S/C16H27NO3/c1-12-5-6-13(2)15(9-12)20-11-14(19)10-17-16(3,4)7-8-18/h5-6,9,14,17-19H,7-8,10-11H2,1-4H3. The van der Waals surface area contributed by atoms with Crippen molar-refractivity contribution in [1.29, 1.82) is 0 Å². The van der Waals surface area contributed by atoms with Crippen LogP contribution in [0.1, 0.15) is 31.4 Å². The summed E-state index contributed by atoms with van der Waals surface area (Å²) in [5, 5.41) is 22.1. The molecule has 0 spiro atoms. The van der Waals surface area contributed by atoms with E-state index < -0.39 is 6.10 Å². The molecule has 0 bridgehead atoms. The van der Waals surface area contributed by atoms with Gasteiger partial charge in [0.2, 0.25) is 0 Å². The number of rotatable bonds is 8. The van der Waals surface area contributed by atoms with E-state index in [2.05, 4.69) is 5.32 Å². The molecule has 1 aromatic carbocycles. The molecule has 1 unspecified atom stereocenters. The highest BCUT2D eigenvalue weighted by Gasteiger charge is 2.18. The maximum atomic E-state index is 9.95. The Kier molecular flexibility index (Phi) is 6.46. The average Bonchev–Trinajstić information content (AvgIpc) is 2.37. The molecule has 3 N–H and O–H groups in total. The van der Waals surface area contributed by atoms with E-state index in [1.54, 1.807) is 0 Å². The fourth-order valence-corrected chi connectivity index (χ4v) is 1.87. The Balaban J connectivity index is 2.40. The molecule has 0 heterocycles. The Hall–Kier alpha value is -1.10. The Morgan fingerprint density at radius 2 is 2.00 bits per heavy atom. The van der Waals surface area contributed by atoms with Gasteiger partial charge in [0.05, 0.1) is 0 Å². The van der Waals surface area contributed by atoms with Gasteiger partial charge in [-0.05, 0) is 51.3 Å². The molecule has 114 valence electrons. The number of ether oxygens (including phenoxy) is 1. The van der Waals surface area contributed by atoms with Crippen LogP contribution in [0.2, 0.25) is 0 Å². The number of nitrogens with one attached hydrogen (secondary N) is 1. The molecule has 0 aliphatic rings. The molecular formula is C16H27NO3. The van der Waals surface area contributed by atoms with Crippen LogP contribution in [0.15, 0.2) is 18.2 Å². The molecule has 0 aliphatic heterocycles. The number of hydrogen-bond acceptors (Lipinski definition) is 4. The largest absolute Gasteiger partial charge is 0.491 e. The third-order valence-electron chi connectivity index (χ3n) is 3.33. The summed E-state index contributed by atoms with van der Waals surface area (Å²) in [4.78, 5) is 0. The number of β-amino-alcohol motifs (C(OH)–C–C–N with tert-alkyl or cyclic N) is 1. The summed E-state index contributed by atoms with van der Waals surface area (Å²) >= 11 is 0. The molecule has 1 atom stereocenters. The maximum absolute atomic E-state index is 9.95. The van der Waals surface area contributed by atoms with Gasteiger partial charge < -0.3 is 20.3 Å². The molecule has 0 aliphatic carbocycles. The summed E-state index contributed by atoms with van der Waals surface area (Å²) in [6.45, 7) is 8.84. The van der Waals surface area contributed by atoms with Crippen molar-refractivity contribution in [3.8, 4) is 5.75 Å². The van der Waals surface area contributed by atoms with Crippen LogP contribution in [0, 0.1) is 13.8 Å². The molecule has 4 heteroatoms. The van der Waals surface area contributed by atoms with E-state index in [1.807, 2.05) is 45.9 Å². The van der Waals surface area contributed by atoms with Gasteiger partial charge in [0.15, 0.2) is 0 Å². The molecular weight excluding hydrogens is 254 g/mol. The van der Waals surface area contributed by atoms with Crippen LogP contribution >= 0.6 is 0 Å². The van der Waals surface area contributed by atoms with Crippen LogP contribution in [-0.4, -0.2) is 41.6 Å². The molecule has 20 heavy (non-hydrogen) atoms. The average molecular weight is 281 g/mol. The predicted molar refractivity (Wildman–Crippen MR) is 81.2 cm³/mol. The van der Waals surface area contributed by atoms with E-state index in [0.29, 0.717) is 13.0 Å². The molecule has 0 fully saturated rings. The first-order valence-electron chi connectivity index (χ1n) is 7.08. The summed E-state index contributed by atoms with van der Waals surface area (Å²) in [5.74, 6) is 0.818. The lowest BCUT2D eigenvalue weighted by atomic mass is 10.0. The summed E-state index contributed by atoms with van der Waals surface area (Å²) in [5.41, 5.74) is 2.02. The minimum Gasteiger partial charge on any atom is -0.491 e. The highest BCUT2D eigenvalue weighted by Crippen LogP contribution is 2.19. The quantitative estimate of drug-likeness (QED) is 0.680. The van der Waals surface area contributed by atoms with Gasteiger partial charge in [-0.3, -0.25) is 0 Å². The highest BCUT2D eigenvalue weighted by atomic mass is 16.5. The number of benzene rings is 1. The van der Waals surface area contributed by atoms with Crippen molar-refractivity contribution in [2.45, 2.75) is 45.8 Å². The highest BCUT2D eigenvalue weighted by molar-refractivity contribution is 5.35. The number of aryl methyl sites for hydroxylation is 2. The third kappa shape index (κ3) is 5.90. The van der Waals surface area contributed by atoms with E-state index >= 15 is 0 Å². The Morgan fingerprint density at radius 1 is 1.30 bits per heavy atom. The third-order valence-corrected chi connectivity index (χ3v) is 3.33. The van der Waals surface area contributed by atoms with Crippen LogP contribution in [0.5, 0.6) is 5.75 Å². The number of aliphatic hydroxyl groups excluding tert-OH is 2. The molecule has 1 aromatic rings. The lowest BCUT2D eigenvalue weighted by Gasteiger charge is -2.27. The smallest absolute Gasteiger partial charge is 0.122 e. The van der Waals surface area contributed by atoms with Crippen molar-refractivity contribution in [2.24, 2.45) is 0 Å². The van der Waals surface area contributed by atoms with Crippen molar-refractivity contribution in [1.82, 2.24) is 5.32 Å². The zero-order valence-electron chi connectivity index (χ0n) is 12.9. The molecule has 0 saturated heterocycles. The Labute approximate surface area is 121 Å². The van der Waals surface area contributed by atoms with Gasteiger partial charge in [-0.25, -0.2) is 0 Å². The van der Waals surface area contributed by atoms with Crippen molar-refractivity contribution >= 4 is 0 Å². The fourth-order valence-electron chi connectivity index (χ4n) is 1.87. The van der Waals surface area contributed by atoms with Gasteiger partial charge in [0.25, 0.3) is 0 Å². The summed E-state index contributed by atoms with van der Waals surface area (Å²) in [6, 6.07) is 6.03. The predicted octanol–water partition coefficient (Wildman–Crippen LogP) is 1.79. The monoisotopic (exact) mass is 281 g/mol. The van der Waals surface area contributed by atoms with Crippen LogP contribution in [0.3, 0.4) is 0 Å². The Bertz CT molecular complexity index is 418.